The molecule has 1 aliphatic carbocycles. The maximum absolute atomic E-state index is 12.1. The number of likely N-dealkylation sites (tertiary alicyclic amines) is 1. The van der Waals surface area contributed by atoms with Gasteiger partial charge in [0.25, 0.3) is 5.91 Å². The molecule has 194 valence electrons. The SMILES string of the molecule is CC(C)CCCN1C(=O)C2CCCCC2C1=O.CC(C)CCCNC(=O)c1ccccc1C(=O)O. The average molecular weight is 487 g/mol. The zero-order valence-electron chi connectivity index (χ0n) is 21.7. The third-order valence-electron chi connectivity index (χ3n) is 6.74. The number of carbonyl (C=O) groups excluding carboxylic acids is 3. The monoisotopic (exact) mass is 486 g/mol. The number of aromatic carboxylic acids is 1. The van der Waals surface area contributed by atoms with E-state index in [1.165, 1.54) is 12.1 Å². The van der Waals surface area contributed by atoms with Gasteiger partial charge < -0.3 is 10.4 Å². The number of carbonyl (C=O) groups is 4. The number of benzene rings is 1. The predicted molar refractivity (Wildman–Crippen MR) is 136 cm³/mol. The molecule has 0 radical (unpaired) electrons. The van der Waals surface area contributed by atoms with Crippen LogP contribution in [0.4, 0.5) is 0 Å². The van der Waals surface area contributed by atoms with E-state index in [1.807, 2.05) is 0 Å². The summed E-state index contributed by atoms with van der Waals surface area (Å²) >= 11 is 0. The Morgan fingerprint density at radius 3 is 1.94 bits per heavy atom. The molecule has 1 saturated heterocycles. The van der Waals surface area contributed by atoms with Crippen molar-refractivity contribution >= 4 is 23.7 Å². The molecule has 0 spiro atoms. The molecule has 2 atom stereocenters. The summed E-state index contributed by atoms with van der Waals surface area (Å²) in [7, 11) is 0. The quantitative estimate of drug-likeness (QED) is 0.352. The first-order valence-electron chi connectivity index (χ1n) is 13.1. The van der Waals surface area contributed by atoms with Gasteiger partial charge in [0.2, 0.25) is 11.8 Å². The third-order valence-corrected chi connectivity index (χ3v) is 6.74. The highest BCUT2D eigenvalue weighted by Crippen LogP contribution is 2.38. The lowest BCUT2D eigenvalue weighted by molar-refractivity contribution is -0.140. The fourth-order valence-electron chi connectivity index (χ4n) is 4.78. The van der Waals surface area contributed by atoms with Gasteiger partial charge in [-0.3, -0.25) is 19.3 Å². The summed E-state index contributed by atoms with van der Waals surface area (Å²) in [5.41, 5.74) is 0.258. The Labute approximate surface area is 209 Å². The fraction of sp³-hybridized carbons (Fsp3) is 0.643. The van der Waals surface area contributed by atoms with Gasteiger partial charge in [0.05, 0.1) is 23.0 Å². The van der Waals surface area contributed by atoms with Crippen LogP contribution in [0.2, 0.25) is 0 Å². The van der Waals surface area contributed by atoms with Crippen LogP contribution in [0, 0.1) is 23.7 Å². The second-order valence-corrected chi connectivity index (χ2v) is 10.5. The number of carboxylic acids is 1. The van der Waals surface area contributed by atoms with E-state index in [0.29, 0.717) is 24.9 Å². The summed E-state index contributed by atoms with van der Waals surface area (Å²) in [6, 6.07) is 6.24. The van der Waals surface area contributed by atoms with Crippen molar-refractivity contribution in [1.82, 2.24) is 10.2 Å². The van der Waals surface area contributed by atoms with E-state index in [1.54, 1.807) is 17.0 Å². The Balaban J connectivity index is 0.000000247. The van der Waals surface area contributed by atoms with Crippen LogP contribution in [-0.2, 0) is 9.59 Å². The van der Waals surface area contributed by atoms with Crippen molar-refractivity contribution in [1.29, 1.82) is 0 Å². The summed E-state index contributed by atoms with van der Waals surface area (Å²) < 4.78 is 0. The first-order valence-corrected chi connectivity index (χ1v) is 13.1. The Bertz CT molecular complexity index is 856. The topological polar surface area (TPSA) is 104 Å². The van der Waals surface area contributed by atoms with Gasteiger partial charge in [-0.25, -0.2) is 4.79 Å². The van der Waals surface area contributed by atoms with Crippen molar-refractivity contribution < 1.29 is 24.3 Å². The van der Waals surface area contributed by atoms with Gasteiger partial charge in [-0.05, 0) is 62.5 Å². The fourth-order valence-corrected chi connectivity index (χ4v) is 4.78. The van der Waals surface area contributed by atoms with Crippen LogP contribution in [0.1, 0.15) is 99.8 Å². The van der Waals surface area contributed by atoms with E-state index >= 15 is 0 Å². The number of fused-ring (bicyclic) bond motifs is 1. The maximum Gasteiger partial charge on any atom is 0.336 e. The Morgan fingerprint density at radius 2 is 1.43 bits per heavy atom. The minimum atomic E-state index is -1.08. The summed E-state index contributed by atoms with van der Waals surface area (Å²) in [5, 5.41) is 11.7. The number of amides is 3. The number of rotatable bonds is 10. The van der Waals surface area contributed by atoms with Gasteiger partial charge in [0.1, 0.15) is 0 Å². The van der Waals surface area contributed by atoms with Crippen LogP contribution in [0.5, 0.6) is 0 Å². The molecule has 1 heterocycles. The van der Waals surface area contributed by atoms with Gasteiger partial charge in [-0.1, -0.05) is 52.7 Å². The maximum atomic E-state index is 12.1. The molecule has 2 unspecified atom stereocenters. The molecular weight excluding hydrogens is 444 g/mol. The molecule has 1 aromatic rings. The lowest BCUT2D eigenvalue weighted by atomic mass is 9.81. The van der Waals surface area contributed by atoms with E-state index in [0.717, 1.165) is 51.4 Å². The minimum absolute atomic E-state index is 0.0234. The summed E-state index contributed by atoms with van der Waals surface area (Å²) in [4.78, 5) is 48.6. The number of carboxylic acid groups (broad SMARTS) is 1. The van der Waals surface area contributed by atoms with E-state index in [-0.39, 0.29) is 40.7 Å². The van der Waals surface area contributed by atoms with Crippen LogP contribution >= 0.6 is 0 Å². The second kappa shape index (κ2) is 14.0. The van der Waals surface area contributed by atoms with Crippen molar-refractivity contribution in [3.63, 3.8) is 0 Å². The van der Waals surface area contributed by atoms with Gasteiger partial charge in [0.15, 0.2) is 0 Å². The molecule has 7 nitrogen and oxygen atoms in total. The van der Waals surface area contributed by atoms with Crippen LogP contribution < -0.4 is 5.32 Å². The first kappa shape index (κ1) is 28.5. The van der Waals surface area contributed by atoms with Crippen LogP contribution in [-0.4, -0.2) is 46.8 Å². The number of imide groups is 1. The van der Waals surface area contributed by atoms with Crippen LogP contribution in [0.25, 0.3) is 0 Å². The smallest absolute Gasteiger partial charge is 0.336 e. The minimum Gasteiger partial charge on any atom is -0.478 e. The van der Waals surface area contributed by atoms with Gasteiger partial charge in [0, 0.05) is 13.1 Å². The molecule has 3 amide bonds. The third kappa shape index (κ3) is 8.48. The largest absolute Gasteiger partial charge is 0.478 e. The van der Waals surface area contributed by atoms with Gasteiger partial charge in [-0.15, -0.1) is 0 Å². The van der Waals surface area contributed by atoms with E-state index in [4.69, 9.17) is 5.11 Å². The summed E-state index contributed by atoms with van der Waals surface area (Å²) in [5.74, 6) is 0.121. The molecule has 2 N–H and O–H groups in total. The van der Waals surface area contributed by atoms with E-state index in [2.05, 4.69) is 33.0 Å². The standard InChI is InChI=1S/C14H19NO3.C14H23NO2/c1-10(2)6-5-9-15-13(16)11-7-3-4-8-12(11)14(17)18;1-10(2)6-5-9-15-13(16)11-7-3-4-8-12(11)14(15)17/h3-4,7-8,10H,5-6,9H2,1-2H3,(H,15,16)(H,17,18);10-12H,3-9H2,1-2H3. The average Bonchev–Trinajstić information content (AvgIpc) is 3.07. The molecule has 7 heteroatoms. The molecule has 1 aromatic carbocycles. The highest BCUT2D eigenvalue weighted by Gasteiger charge is 2.47. The molecule has 0 bridgehead atoms. The molecule has 35 heavy (non-hydrogen) atoms. The summed E-state index contributed by atoms with van der Waals surface area (Å²) in [6.07, 6.45) is 8.06. The van der Waals surface area contributed by atoms with Crippen molar-refractivity contribution in [3.8, 4) is 0 Å². The van der Waals surface area contributed by atoms with Crippen molar-refractivity contribution in [2.45, 2.75) is 79.1 Å². The van der Waals surface area contributed by atoms with Crippen molar-refractivity contribution in [2.75, 3.05) is 13.1 Å². The highest BCUT2D eigenvalue weighted by atomic mass is 16.4. The van der Waals surface area contributed by atoms with E-state index in [9.17, 15) is 19.2 Å². The zero-order chi connectivity index (χ0) is 26.0. The summed E-state index contributed by atoms with van der Waals surface area (Å²) in [6.45, 7) is 9.82. The lowest BCUT2D eigenvalue weighted by Gasteiger charge is -2.19. The van der Waals surface area contributed by atoms with Crippen molar-refractivity contribution in [3.05, 3.63) is 35.4 Å². The Morgan fingerprint density at radius 1 is 0.914 bits per heavy atom. The normalized spacial score (nSPS) is 19.4. The Hall–Kier alpha value is -2.70. The molecule has 1 aliphatic heterocycles. The number of nitrogens with zero attached hydrogens (tertiary/aromatic N) is 1. The zero-order valence-corrected chi connectivity index (χ0v) is 21.7. The van der Waals surface area contributed by atoms with E-state index < -0.39 is 5.97 Å². The van der Waals surface area contributed by atoms with Crippen LogP contribution in [0.3, 0.4) is 0 Å². The Kier molecular flexibility index (Phi) is 11.4. The molecular formula is C28H42N2O5. The second-order valence-electron chi connectivity index (χ2n) is 10.5. The number of nitrogens with one attached hydrogen (secondary N) is 1. The first-order chi connectivity index (χ1) is 16.6. The number of hydrogen-bond donors (Lipinski definition) is 2. The molecule has 0 aromatic heterocycles. The lowest BCUT2D eigenvalue weighted by Crippen LogP contribution is -2.32. The van der Waals surface area contributed by atoms with Gasteiger partial charge >= 0.3 is 5.97 Å². The highest BCUT2D eigenvalue weighted by molar-refractivity contribution is 6.05. The predicted octanol–water partition coefficient (Wildman–Crippen LogP) is 5.15. The number of hydrogen-bond acceptors (Lipinski definition) is 4. The van der Waals surface area contributed by atoms with Crippen molar-refractivity contribution in [2.24, 2.45) is 23.7 Å². The molecule has 2 fully saturated rings. The molecule has 3 rings (SSSR count). The van der Waals surface area contributed by atoms with Gasteiger partial charge in [-0.2, -0.15) is 0 Å². The molecule has 2 aliphatic rings. The van der Waals surface area contributed by atoms with Crippen LogP contribution in [0.15, 0.2) is 24.3 Å². The molecule has 1 saturated carbocycles.